The first-order valence-electron chi connectivity index (χ1n) is 5.58. The molecule has 0 unspecified atom stereocenters. The molecule has 1 aliphatic rings. The lowest BCUT2D eigenvalue weighted by Gasteiger charge is -2.30. The topological polar surface area (TPSA) is 26.3 Å². The zero-order chi connectivity index (χ0) is 12.5. The maximum atomic E-state index is 13.0. The van der Waals surface area contributed by atoms with Crippen molar-refractivity contribution in [2.75, 3.05) is 19.4 Å². The van der Waals surface area contributed by atoms with Gasteiger partial charge in [0.1, 0.15) is 7.14 Å². The normalized spacial score (nSPS) is 29.5. The third kappa shape index (κ3) is 2.49. The van der Waals surface area contributed by atoms with Gasteiger partial charge in [-0.3, -0.25) is 0 Å². The molecule has 1 aromatic rings. The van der Waals surface area contributed by atoms with Crippen LogP contribution in [0.15, 0.2) is 40.9 Å². The second-order valence-electron chi connectivity index (χ2n) is 4.42. The number of allylic oxidation sites excluding steroid dienone is 1. The fourth-order valence-corrected chi connectivity index (χ4v) is 5.70. The highest BCUT2D eigenvalue weighted by Crippen LogP contribution is 2.51. The highest BCUT2D eigenvalue weighted by Gasteiger charge is 2.35. The van der Waals surface area contributed by atoms with Gasteiger partial charge in [0, 0.05) is 29.8 Å². The lowest BCUT2D eigenvalue weighted by molar-refractivity contribution is 0.153. The maximum Gasteiger partial charge on any atom is 0.122 e. The highest BCUT2D eigenvalue weighted by molar-refractivity contribution is 7.72. The molecule has 1 aromatic carbocycles. The zero-order valence-corrected chi connectivity index (χ0v) is 11.7. The lowest BCUT2D eigenvalue weighted by Crippen LogP contribution is -2.27. The van der Waals surface area contributed by atoms with E-state index in [0.29, 0.717) is 12.3 Å². The van der Waals surface area contributed by atoms with Crippen LogP contribution in [0.4, 0.5) is 0 Å². The monoisotopic (exact) mass is 270 g/mol. The molecule has 0 N–H and O–H groups in total. The predicted octanol–water partition coefficient (Wildman–Crippen LogP) is 3.22. The Bertz CT molecular complexity index is 481. The largest absolute Gasteiger partial charge is 0.375 e. The Balaban J connectivity index is 2.40. The van der Waals surface area contributed by atoms with Gasteiger partial charge in [-0.05, 0) is 12.5 Å². The first kappa shape index (κ1) is 12.9. The summed E-state index contributed by atoms with van der Waals surface area (Å²) >= 11 is 6.18. The van der Waals surface area contributed by atoms with Gasteiger partial charge in [-0.1, -0.05) is 41.9 Å². The fraction of sp³-hybridized carbons (Fsp3) is 0.385. The molecule has 1 aliphatic heterocycles. The summed E-state index contributed by atoms with van der Waals surface area (Å²) in [7, 11) is -0.787. The molecule has 0 spiro atoms. The Labute approximate surface area is 107 Å². The third-order valence-corrected chi connectivity index (χ3v) is 6.87. The van der Waals surface area contributed by atoms with Gasteiger partial charge in [0.2, 0.25) is 0 Å². The summed E-state index contributed by atoms with van der Waals surface area (Å²) in [5.41, 5.74) is 0.983. The highest BCUT2D eigenvalue weighted by atomic mass is 35.5. The van der Waals surface area contributed by atoms with Crippen LogP contribution in [-0.2, 0) is 9.30 Å². The van der Waals surface area contributed by atoms with Crippen molar-refractivity contribution in [1.82, 2.24) is 0 Å². The third-order valence-electron chi connectivity index (χ3n) is 3.15. The average Bonchev–Trinajstić information content (AvgIpc) is 2.35. The van der Waals surface area contributed by atoms with Gasteiger partial charge in [0.15, 0.2) is 0 Å². The molecule has 1 heterocycles. The van der Waals surface area contributed by atoms with Crippen LogP contribution in [0.25, 0.3) is 0 Å². The molecule has 0 aromatic heterocycles. The van der Waals surface area contributed by atoms with E-state index in [4.69, 9.17) is 16.3 Å². The lowest BCUT2D eigenvalue weighted by atomic mass is 10.2. The SMILES string of the molecule is CO[C@@H]1C[P@](=O)(c2ccccc2)CC(C)=C1Cl. The molecule has 2 nitrogen and oxygen atoms in total. The molecule has 4 heteroatoms. The fourth-order valence-electron chi connectivity index (χ4n) is 2.22. The minimum atomic E-state index is -2.40. The van der Waals surface area contributed by atoms with Crippen molar-refractivity contribution in [2.45, 2.75) is 13.0 Å². The number of rotatable bonds is 2. The van der Waals surface area contributed by atoms with Crippen LogP contribution in [0.2, 0.25) is 0 Å². The van der Waals surface area contributed by atoms with E-state index in [-0.39, 0.29) is 6.10 Å². The number of hydrogen-bond acceptors (Lipinski definition) is 2. The maximum absolute atomic E-state index is 13.0. The molecule has 2 atom stereocenters. The molecule has 0 saturated carbocycles. The molecule has 0 aliphatic carbocycles. The second-order valence-corrected chi connectivity index (χ2v) is 7.80. The molecule has 17 heavy (non-hydrogen) atoms. The predicted molar refractivity (Wildman–Crippen MR) is 72.8 cm³/mol. The van der Waals surface area contributed by atoms with Gasteiger partial charge >= 0.3 is 0 Å². The van der Waals surface area contributed by atoms with E-state index >= 15 is 0 Å². The molecule has 92 valence electrons. The molecule has 0 saturated heterocycles. The van der Waals surface area contributed by atoms with Crippen LogP contribution in [0.1, 0.15) is 6.92 Å². The van der Waals surface area contributed by atoms with Gasteiger partial charge in [-0.2, -0.15) is 0 Å². The van der Waals surface area contributed by atoms with E-state index in [0.717, 1.165) is 15.9 Å². The quantitative estimate of drug-likeness (QED) is 0.772. The van der Waals surface area contributed by atoms with E-state index in [9.17, 15) is 4.57 Å². The summed E-state index contributed by atoms with van der Waals surface area (Å²) < 4.78 is 18.3. The van der Waals surface area contributed by atoms with E-state index in [1.54, 1.807) is 7.11 Å². The van der Waals surface area contributed by atoms with Crippen molar-refractivity contribution in [3.05, 3.63) is 40.9 Å². The number of ether oxygens (including phenoxy) is 1. The van der Waals surface area contributed by atoms with Crippen LogP contribution in [0, 0.1) is 0 Å². The summed E-state index contributed by atoms with van der Waals surface area (Å²) in [6, 6.07) is 9.64. The minimum absolute atomic E-state index is 0.226. The zero-order valence-electron chi connectivity index (χ0n) is 10.0. The van der Waals surface area contributed by atoms with Crippen molar-refractivity contribution in [2.24, 2.45) is 0 Å². The molecule has 0 radical (unpaired) electrons. The first-order valence-corrected chi connectivity index (χ1v) is 8.04. The Hall–Kier alpha value is -0.560. The van der Waals surface area contributed by atoms with Crippen molar-refractivity contribution in [3.63, 3.8) is 0 Å². The minimum Gasteiger partial charge on any atom is -0.375 e. The van der Waals surface area contributed by atoms with Crippen molar-refractivity contribution in [3.8, 4) is 0 Å². The molecule has 0 fully saturated rings. The second kappa shape index (κ2) is 4.97. The van der Waals surface area contributed by atoms with Gasteiger partial charge in [-0.25, -0.2) is 0 Å². The number of methoxy groups -OCH3 is 1. The van der Waals surface area contributed by atoms with Crippen LogP contribution in [0.5, 0.6) is 0 Å². The Morgan fingerprint density at radius 1 is 1.35 bits per heavy atom. The van der Waals surface area contributed by atoms with E-state index in [1.165, 1.54) is 0 Å². The summed E-state index contributed by atoms with van der Waals surface area (Å²) in [6.45, 7) is 1.93. The molecule has 0 amide bonds. The van der Waals surface area contributed by atoms with Crippen LogP contribution in [-0.4, -0.2) is 25.5 Å². The summed E-state index contributed by atoms with van der Waals surface area (Å²) in [5, 5.41) is 1.64. The van der Waals surface area contributed by atoms with Gasteiger partial charge in [-0.15, -0.1) is 0 Å². The standard InChI is InChI=1S/C13H16ClO2P/c1-10-8-17(15,9-12(16-2)13(10)14)11-6-4-3-5-7-11/h3-7,12H,8-9H2,1-2H3/t12-,17+/m1/s1. The number of hydrogen-bond donors (Lipinski definition) is 0. The van der Waals surface area contributed by atoms with E-state index < -0.39 is 7.14 Å². The van der Waals surface area contributed by atoms with Gasteiger partial charge in [0.25, 0.3) is 0 Å². The van der Waals surface area contributed by atoms with Crippen LogP contribution >= 0.6 is 18.7 Å². The molecule has 0 bridgehead atoms. The van der Waals surface area contributed by atoms with Crippen LogP contribution in [0.3, 0.4) is 0 Å². The van der Waals surface area contributed by atoms with E-state index in [2.05, 4.69) is 0 Å². The van der Waals surface area contributed by atoms with Crippen molar-refractivity contribution < 1.29 is 9.30 Å². The first-order chi connectivity index (χ1) is 8.07. The summed E-state index contributed by atoms with van der Waals surface area (Å²) in [5.74, 6) is 0. The van der Waals surface area contributed by atoms with Crippen molar-refractivity contribution >= 4 is 24.0 Å². The summed E-state index contributed by atoms with van der Waals surface area (Å²) in [6.07, 6.45) is 0.843. The number of halogens is 1. The molecule has 2 rings (SSSR count). The van der Waals surface area contributed by atoms with Crippen LogP contribution < -0.4 is 5.30 Å². The van der Waals surface area contributed by atoms with E-state index in [1.807, 2.05) is 37.3 Å². The van der Waals surface area contributed by atoms with Gasteiger partial charge in [0.05, 0.1) is 6.10 Å². The Morgan fingerprint density at radius 2 is 2.00 bits per heavy atom. The van der Waals surface area contributed by atoms with Gasteiger partial charge < -0.3 is 9.30 Å². The molecular weight excluding hydrogens is 255 g/mol. The number of benzene rings is 1. The molecular formula is C13H16ClO2P. The Kier molecular flexibility index (Phi) is 3.77. The van der Waals surface area contributed by atoms with Crippen molar-refractivity contribution in [1.29, 1.82) is 0 Å². The summed E-state index contributed by atoms with van der Waals surface area (Å²) in [4.78, 5) is 0. The smallest absolute Gasteiger partial charge is 0.122 e. The average molecular weight is 271 g/mol. The Morgan fingerprint density at radius 3 is 2.59 bits per heavy atom.